The molecule has 1 N–H and O–H groups in total. The summed E-state index contributed by atoms with van der Waals surface area (Å²) in [7, 11) is -4.09. The average Bonchev–Trinajstić information content (AvgIpc) is 2.70. The molecule has 0 fully saturated rings. The number of benzene rings is 2. The molecular weight excluding hydrogens is 487 g/mol. The van der Waals surface area contributed by atoms with Gasteiger partial charge in [0, 0.05) is 17.3 Å². The fraction of sp³-hybridized carbons (Fsp3) is 0.100. The summed E-state index contributed by atoms with van der Waals surface area (Å²) in [5, 5.41) is 0.808. The van der Waals surface area contributed by atoms with Crippen molar-refractivity contribution in [1.29, 1.82) is 0 Å². The Kier molecular flexibility index (Phi) is 7.27. The third kappa shape index (κ3) is 5.80. The third-order valence-electron chi connectivity index (χ3n) is 3.84. The zero-order valence-electron chi connectivity index (χ0n) is 15.9. The lowest BCUT2D eigenvalue weighted by Crippen LogP contribution is -2.15. The minimum Gasteiger partial charge on any atom is -0.462 e. The molecule has 0 bridgehead atoms. The second kappa shape index (κ2) is 9.74. The first-order valence-electron chi connectivity index (χ1n) is 8.77. The van der Waals surface area contributed by atoms with Crippen molar-refractivity contribution in [2.45, 2.75) is 11.8 Å². The highest BCUT2D eigenvalue weighted by molar-refractivity contribution is 7.92. The van der Waals surface area contributed by atoms with E-state index in [1.807, 2.05) is 0 Å². The summed E-state index contributed by atoms with van der Waals surface area (Å²) in [5.41, 5.74) is 0.0426. The Morgan fingerprint density at radius 3 is 2.48 bits per heavy atom. The summed E-state index contributed by atoms with van der Waals surface area (Å²) < 4.78 is 38.8. The quantitative estimate of drug-likeness (QED) is 0.410. The van der Waals surface area contributed by atoms with Gasteiger partial charge in [-0.2, -0.15) is 0 Å². The molecule has 0 atom stereocenters. The van der Waals surface area contributed by atoms with E-state index >= 15 is 0 Å². The first-order chi connectivity index (χ1) is 14.7. The lowest BCUT2D eigenvalue weighted by molar-refractivity contribution is 0.0523. The standard InChI is InChI=1S/C20H15Cl3N2O5S/c1-2-29-20(26)16-9-15(4-6-19(16)30-14-7-13(22)10-24-11-14)31(27,28)25-18-5-3-12(21)8-17(18)23/h3-11,25H,2H2,1H3. The first-order valence-corrected chi connectivity index (χ1v) is 11.4. The molecule has 0 aliphatic rings. The van der Waals surface area contributed by atoms with Crippen molar-refractivity contribution >= 4 is 56.5 Å². The Morgan fingerprint density at radius 1 is 1.03 bits per heavy atom. The van der Waals surface area contributed by atoms with Crippen molar-refractivity contribution in [3.8, 4) is 11.5 Å². The molecule has 1 aromatic heterocycles. The zero-order valence-corrected chi connectivity index (χ0v) is 19.0. The van der Waals surface area contributed by atoms with Gasteiger partial charge in [0.1, 0.15) is 17.1 Å². The van der Waals surface area contributed by atoms with Crippen molar-refractivity contribution < 1.29 is 22.7 Å². The lowest BCUT2D eigenvalue weighted by Gasteiger charge is -2.14. The number of hydrogen-bond donors (Lipinski definition) is 1. The second-order valence-corrected chi connectivity index (χ2v) is 9.01. The van der Waals surface area contributed by atoms with Gasteiger partial charge in [-0.05, 0) is 43.3 Å². The highest BCUT2D eigenvalue weighted by Crippen LogP contribution is 2.31. The topological polar surface area (TPSA) is 94.6 Å². The highest BCUT2D eigenvalue weighted by Gasteiger charge is 2.22. The van der Waals surface area contributed by atoms with Gasteiger partial charge in [0.25, 0.3) is 10.0 Å². The monoisotopic (exact) mass is 500 g/mol. The van der Waals surface area contributed by atoms with Crippen molar-refractivity contribution in [3.63, 3.8) is 0 Å². The van der Waals surface area contributed by atoms with E-state index in [1.165, 1.54) is 48.8 Å². The van der Waals surface area contributed by atoms with Crippen LogP contribution in [0.4, 0.5) is 5.69 Å². The Labute approximate surface area is 193 Å². The summed E-state index contributed by atoms with van der Waals surface area (Å²) in [6.07, 6.45) is 2.82. The van der Waals surface area contributed by atoms with Gasteiger partial charge in [-0.3, -0.25) is 9.71 Å². The fourth-order valence-corrected chi connectivity index (χ4v) is 4.27. The number of sulfonamides is 1. The van der Waals surface area contributed by atoms with Crippen LogP contribution in [0.3, 0.4) is 0 Å². The van der Waals surface area contributed by atoms with Gasteiger partial charge < -0.3 is 9.47 Å². The second-order valence-electron chi connectivity index (χ2n) is 6.05. The minimum atomic E-state index is -4.09. The van der Waals surface area contributed by atoms with Crippen molar-refractivity contribution in [3.05, 3.63) is 75.5 Å². The third-order valence-corrected chi connectivity index (χ3v) is 5.96. The molecule has 2 aromatic carbocycles. The molecular formula is C20H15Cl3N2O5S. The van der Waals surface area contributed by atoms with Gasteiger partial charge in [0.15, 0.2) is 0 Å². The number of carbonyl (C=O) groups is 1. The Hall–Kier alpha value is -2.52. The van der Waals surface area contributed by atoms with Gasteiger partial charge in [-0.1, -0.05) is 34.8 Å². The summed E-state index contributed by atoms with van der Waals surface area (Å²) in [4.78, 5) is 16.2. The normalized spacial score (nSPS) is 11.1. The van der Waals surface area contributed by atoms with E-state index in [2.05, 4.69) is 9.71 Å². The minimum absolute atomic E-state index is 0.0750. The van der Waals surface area contributed by atoms with Crippen LogP contribution >= 0.6 is 34.8 Å². The maximum absolute atomic E-state index is 12.9. The van der Waals surface area contributed by atoms with Crippen LogP contribution in [0.25, 0.3) is 0 Å². The number of esters is 1. The molecule has 0 spiro atoms. The van der Waals surface area contributed by atoms with Crippen molar-refractivity contribution in [2.75, 3.05) is 11.3 Å². The van der Waals surface area contributed by atoms with Crippen LogP contribution in [-0.2, 0) is 14.8 Å². The number of halogens is 3. The van der Waals surface area contributed by atoms with E-state index < -0.39 is 16.0 Å². The molecule has 0 aliphatic carbocycles. The van der Waals surface area contributed by atoms with Crippen molar-refractivity contribution in [1.82, 2.24) is 4.98 Å². The van der Waals surface area contributed by atoms with Gasteiger partial charge in [-0.15, -0.1) is 0 Å². The SMILES string of the molecule is CCOC(=O)c1cc(S(=O)(=O)Nc2ccc(Cl)cc2Cl)ccc1Oc1cncc(Cl)c1. The van der Waals surface area contributed by atoms with Gasteiger partial charge in [0.2, 0.25) is 0 Å². The van der Waals surface area contributed by atoms with Crippen LogP contribution in [0.1, 0.15) is 17.3 Å². The van der Waals surface area contributed by atoms with Crippen molar-refractivity contribution in [2.24, 2.45) is 0 Å². The van der Waals surface area contributed by atoms with Crippen LogP contribution in [-0.4, -0.2) is 26.0 Å². The van der Waals surface area contributed by atoms with Gasteiger partial charge in [0.05, 0.1) is 33.4 Å². The molecule has 1 heterocycles. The molecule has 0 amide bonds. The molecule has 0 saturated carbocycles. The maximum Gasteiger partial charge on any atom is 0.341 e. The van der Waals surface area contributed by atoms with E-state index in [-0.39, 0.29) is 39.3 Å². The molecule has 11 heteroatoms. The number of rotatable bonds is 7. The molecule has 7 nitrogen and oxygen atoms in total. The Bertz CT molecular complexity index is 1240. The average molecular weight is 502 g/mol. The van der Waals surface area contributed by atoms with Gasteiger partial charge in [-0.25, -0.2) is 13.2 Å². The Balaban J connectivity index is 1.99. The lowest BCUT2D eigenvalue weighted by atomic mass is 10.2. The molecule has 0 radical (unpaired) electrons. The summed E-state index contributed by atoms with van der Waals surface area (Å²) in [5.74, 6) is -0.417. The molecule has 0 aliphatic heterocycles. The van der Waals surface area contributed by atoms with E-state index in [4.69, 9.17) is 44.3 Å². The van der Waals surface area contributed by atoms with E-state index in [0.29, 0.717) is 10.0 Å². The number of ether oxygens (including phenoxy) is 2. The number of aromatic nitrogens is 1. The molecule has 0 saturated heterocycles. The zero-order chi connectivity index (χ0) is 22.6. The predicted octanol–water partition coefficient (Wildman–Crippen LogP) is 5.81. The number of nitrogens with one attached hydrogen (secondary N) is 1. The number of pyridine rings is 1. The largest absolute Gasteiger partial charge is 0.462 e. The summed E-state index contributed by atoms with van der Waals surface area (Å²) >= 11 is 17.8. The van der Waals surface area contributed by atoms with E-state index in [0.717, 1.165) is 6.07 Å². The van der Waals surface area contributed by atoms with Crippen LogP contribution in [0, 0.1) is 0 Å². The summed E-state index contributed by atoms with van der Waals surface area (Å²) in [6.45, 7) is 1.72. The van der Waals surface area contributed by atoms with Crippen LogP contribution in [0.2, 0.25) is 15.1 Å². The number of hydrogen-bond acceptors (Lipinski definition) is 6. The smallest absolute Gasteiger partial charge is 0.341 e. The highest BCUT2D eigenvalue weighted by atomic mass is 35.5. The van der Waals surface area contributed by atoms with Gasteiger partial charge >= 0.3 is 5.97 Å². The molecule has 3 aromatic rings. The predicted molar refractivity (Wildman–Crippen MR) is 119 cm³/mol. The number of anilines is 1. The number of nitrogens with zero attached hydrogens (tertiary/aromatic N) is 1. The molecule has 3 rings (SSSR count). The first kappa shape index (κ1) is 23.1. The molecule has 162 valence electrons. The number of carbonyl (C=O) groups excluding carboxylic acids is 1. The maximum atomic E-state index is 12.9. The summed E-state index contributed by atoms with van der Waals surface area (Å²) in [6, 6.07) is 9.59. The van der Waals surface area contributed by atoms with Crippen LogP contribution < -0.4 is 9.46 Å². The van der Waals surface area contributed by atoms with Crippen LogP contribution in [0.5, 0.6) is 11.5 Å². The van der Waals surface area contributed by atoms with E-state index in [9.17, 15) is 13.2 Å². The Morgan fingerprint density at radius 2 is 1.81 bits per heavy atom. The molecule has 0 unspecified atom stereocenters. The molecule has 31 heavy (non-hydrogen) atoms. The van der Waals surface area contributed by atoms with Crippen LogP contribution in [0.15, 0.2) is 59.8 Å². The van der Waals surface area contributed by atoms with E-state index in [1.54, 1.807) is 6.92 Å². The fourth-order valence-electron chi connectivity index (χ4n) is 2.48.